The molecule has 132 valence electrons. The zero-order valence-corrected chi connectivity index (χ0v) is 15.0. The lowest BCUT2D eigenvalue weighted by Gasteiger charge is -2.33. The summed E-state index contributed by atoms with van der Waals surface area (Å²) in [4.78, 5) is 20.2. The minimum Gasteiger partial charge on any atom is -0.298 e. The molecule has 1 fully saturated rings. The summed E-state index contributed by atoms with van der Waals surface area (Å²) < 4.78 is 0. The van der Waals surface area contributed by atoms with Crippen LogP contribution in [-0.2, 0) is 6.54 Å². The Kier molecular flexibility index (Phi) is 4.97. The highest BCUT2D eigenvalue weighted by molar-refractivity contribution is 5.65. The van der Waals surface area contributed by atoms with Gasteiger partial charge in [0.1, 0.15) is 5.82 Å². The maximum Gasteiger partial charge on any atom is 0.125 e. The van der Waals surface area contributed by atoms with E-state index in [1.807, 2.05) is 56.1 Å². The molecule has 0 radical (unpaired) electrons. The van der Waals surface area contributed by atoms with Crippen molar-refractivity contribution in [3.63, 3.8) is 0 Å². The molecule has 5 heteroatoms. The summed E-state index contributed by atoms with van der Waals surface area (Å²) in [5.74, 6) is 1.26. The Bertz CT molecular complexity index is 851. The molecule has 0 aliphatic carbocycles. The summed E-state index contributed by atoms with van der Waals surface area (Å²) in [6, 6.07) is 8.22. The Labute approximate surface area is 154 Å². The molecule has 1 aliphatic rings. The topological polar surface area (TPSA) is 54.8 Å². The molecule has 0 amide bonds. The molecule has 0 saturated carbocycles. The van der Waals surface area contributed by atoms with E-state index in [1.54, 1.807) is 0 Å². The van der Waals surface area contributed by atoms with E-state index < -0.39 is 0 Å². The molecule has 0 aromatic carbocycles. The highest BCUT2D eigenvalue weighted by atomic mass is 15.1. The first-order valence-electron chi connectivity index (χ1n) is 9.15. The number of rotatable bonds is 4. The number of aromatic nitrogens is 4. The first-order chi connectivity index (χ1) is 12.8. The van der Waals surface area contributed by atoms with E-state index in [-0.39, 0.29) is 0 Å². The van der Waals surface area contributed by atoms with Gasteiger partial charge in [0.25, 0.3) is 0 Å². The minimum atomic E-state index is 0.422. The van der Waals surface area contributed by atoms with Crippen LogP contribution < -0.4 is 0 Å². The van der Waals surface area contributed by atoms with E-state index in [2.05, 4.69) is 25.9 Å². The second-order valence-corrected chi connectivity index (χ2v) is 6.89. The standard InChI is InChI=1S/C21H23N5/c1-16-24-13-20(18-6-9-22-10-7-18)21(25-16)19-5-3-11-26(15-19)14-17-4-2-8-23-12-17/h2,4,6-10,12-13,19H,3,5,11,14-15H2,1H3. The van der Waals surface area contributed by atoms with Crippen molar-refractivity contribution in [2.75, 3.05) is 13.1 Å². The van der Waals surface area contributed by atoms with Crippen LogP contribution in [0.3, 0.4) is 0 Å². The van der Waals surface area contributed by atoms with Gasteiger partial charge in [-0.1, -0.05) is 6.07 Å². The summed E-state index contributed by atoms with van der Waals surface area (Å²) in [5.41, 5.74) is 4.70. The van der Waals surface area contributed by atoms with E-state index in [4.69, 9.17) is 4.98 Å². The number of pyridine rings is 2. The van der Waals surface area contributed by atoms with Crippen molar-refractivity contribution in [1.82, 2.24) is 24.8 Å². The Hall–Kier alpha value is -2.66. The van der Waals surface area contributed by atoms with Gasteiger partial charge in [0.2, 0.25) is 0 Å². The second-order valence-electron chi connectivity index (χ2n) is 6.89. The molecule has 0 bridgehead atoms. The molecular weight excluding hydrogens is 322 g/mol. The fourth-order valence-corrected chi connectivity index (χ4v) is 3.72. The average molecular weight is 345 g/mol. The van der Waals surface area contributed by atoms with Crippen molar-refractivity contribution >= 4 is 0 Å². The Morgan fingerprint density at radius 1 is 1.08 bits per heavy atom. The number of hydrogen-bond donors (Lipinski definition) is 0. The zero-order chi connectivity index (χ0) is 17.8. The van der Waals surface area contributed by atoms with Crippen molar-refractivity contribution in [1.29, 1.82) is 0 Å². The number of aryl methyl sites for hydroxylation is 1. The zero-order valence-electron chi connectivity index (χ0n) is 15.0. The predicted octanol–water partition coefficient (Wildman–Crippen LogP) is 3.62. The van der Waals surface area contributed by atoms with Crippen LogP contribution in [0.2, 0.25) is 0 Å². The van der Waals surface area contributed by atoms with Crippen molar-refractivity contribution in [3.05, 3.63) is 72.3 Å². The molecule has 1 aliphatic heterocycles. The van der Waals surface area contributed by atoms with E-state index in [0.29, 0.717) is 5.92 Å². The fraction of sp³-hybridized carbons (Fsp3) is 0.333. The van der Waals surface area contributed by atoms with Gasteiger partial charge in [-0.2, -0.15) is 0 Å². The molecule has 0 spiro atoms. The maximum absolute atomic E-state index is 4.84. The summed E-state index contributed by atoms with van der Waals surface area (Å²) in [5, 5.41) is 0. The largest absolute Gasteiger partial charge is 0.298 e. The van der Waals surface area contributed by atoms with Crippen LogP contribution in [0.4, 0.5) is 0 Å². The lowest BCUT2D eigenvalue weighted by Crippen LogP contribution is -2.34. The van der Waals surface area contributed by atoms with Crippen molar-refractivity contribution in [2.45, 2.75) is 32.2 Å². The van der Waals surface area contributed by atoms with E-state index in [9.17, 15) is 0 Å². The first kappa shape index (κ1) is 16.8. The molecule has 1 saturated heterocycles. The smallest absolute Gasteiger partial charge is 0.125 e. The predicted molar refractivity (Wildman–Crippen MR) is 101 cm³/mol. The van der Waals surface area contributed by atoms with Crippen LogP contribution in [0, 0.1) is 6.92 Å². The lowest BCUT2D eigenvalue weighted by atomic mass is 9.90. The van der Waals surface area contributed by atoms with Crippen LogP contribution in [0.15, 0.2) is 55.2 Å². The quantitative estimate of drug-likeness (QED) is 0.723. The molecule has 3 aromatic rings. The SMILES string of the molecule is Cc1ncc(-c2ccncc2)c(C2CCCN(Cc3cccnc3)C2)n1. The Morgan fingerprint density at radius 3 is 2.77 bits per heavy atom. The Morgan fingerprint density at radius 2 is 1.96 bits per heavy atom. The second kappa shape index (κ2) is 7.70. The van der Waals surface area contributed by atoms with Gasteiger partial charge in [0, 0.05) is 55.6 Å². The van der Waals surface area contributed by atoms with Gasteiger partial charge >= 0.3 is 0 Å². The molecule has 26 heavy (non-hydrogen) atoms. The van der Waals surface area contributed by atoms with Crippen molar-refractivity contribution in [2.24, 2.45) is 0 Å². The first-order valence-corrected chi connectivity index (χ1v) is 9.15. The molecule has 3 aromatic heterocycles. The fourth-order valence-electron chi connectivity index (χ4n) is 3.72. The highest BCUT2D eigenvalue weighted by Crippen LogP contribution is 2.33. The molecular formula is C21H23N5. The summed E-state index contributed by atoms with van der Waals surface area (Å²) in [7, 11) is 0. The Balaban J connectivity index is 1.59. The highest BCUT2D eigenvalue weighted by Gasteiger charge is 2.25. The average Bonchev–Trinajstić information content (AvgIpc) is 2.70. The summed E-state index contributed by atoms with van der Waals surface area (Å²) in [6.45, 7) is 5.05. The number of hydrogen-bond acceptors (Lipinski definition) is 5. The van der Waals surface area contributed by atoms with E-state index >= 15 is 0 Å². The van der Waals surface area contributed by atoms with Gasteiger partial charge in [-0.25, -0.2) is 9.97 Å². The molecule has 1 atom stereocenters. The third-order valence-corrected chi connectivity index (χ3v) is 4.95. The third kappa shape index (κ3) is 3.78. The van der Waals surface area contributed by atoms with E-state index in [1.165, 1.54) is 17.7 Å². The minimum absolute atomic E-state index is 0.422. The van der Waals surface area contributed by atoms with Gasteiger partial charge in [-0.15, -0.1) is 0 Å². The summed E-state index contributed by atoms with van der Waals surface area (Å²) >= 11 is 0. The third-order valence-electron chi connectivity index (χ3n) is 4.95. The molecule has 4 heterocycles. The molecule has 4 rings (SSSR count). The number of piperidine rings is 1. The molecule has 0 N–H and O–H groups in total. The van der Waals surface area contributed by atoms with Gasteiger partial charge in [0.05, 0.1) is 5.69 Å². The van der Waals surface area contributed by atoms with Gasteiger partial charge in [0.15, 0.2) is 0 Å². The van der Waals surface area contributed by atoms with Crippen LogP contribution in [0.5, 0.6) is 0 Å². The summed E-state index contributed by atoms with van der Waals surface area (Å²) in [6.07, 6.45) is 11.8. The van der Waals surface area contributed by atoms with Crippen LogP contribution in [-0.4, -0.2) is 37.9 Å². The van der Waals surface area contributed by atoms with Gasteiger partial charge in [-0.05, 0) is 55.6 Å². The van der Waals surface area contributed by atoms with Crippen LogP contribution >= 0.6 is 0 Å². The molecule has 5 nitrogen and oxygen atoms in total. The molecule has 1 unspecified atom stereocenters. The normalized spacial score (nSPS) is 18.0. The maximum atomic E-state index is 4.84. The van der Waals surface area contributed by atoms with E-state index in [0.717, 1.165) is 43.0 Å². The lowest BCUT2D eigenvalue weighted by molar-refractivity contribution is 0.198. The van der Waals surface area contributed by atoms with Crippen molar-refractivity contribution in [3.8, 4) is 11.1 Å². The van der Waals surface area contributed by atoms with Crippen LogP contribution in [0.1, 0.15) is 35.8 Å². The monoisotopic (exact) mass is 345 g/mol. The number of likely N-dealkylation sites (tertiary alicyclic amines) is 1. The number of nitrogens with zero attached hydrogens (tertiary/aromatic N) is 5. The van der Waals surface area contributed by atoms with Gasteiger partial charge in [-0.3, -0.25) is 14.9 Å². The van der Waals surface area contributed by atoms with Crippen LogP contribution in [0.25, 0.3) is 11.1 Å². The van der Waals surface area contributed by atoms with Gasteiger partial charge < -0.3 is 0 Å². The van der Waals surface area contributed by atoms with Crippen molar-refractivity contribution < 1.29 is 0 Å².